The molecule has 0 amide bonds. The molecule has 0 aliphatic rings. The number of hydrogen-bond donors (Lipinski definition) is 1. The molecule has 0 aliphatic heterocycles. The van der Waals surface area contributed by atoms with Gasteiger partial charge in [0.1, 0.15) is 0 Å². The molecular weight excluding hydrogens is 360 g/mol. The molecule has 2 aromatic carbocycles. The van der Waals surface area contributed by atoms with Crippen LogP contribution in [-0.4, -0.2) is 11.5 Å². The lowest BCUT2D eigenvalue weighted by atomic mass is 10.1. The van der Waals surface area contributed by atoms with Crippen LogP contribution in [0.1, 0.15) is 11.1 Å². The topological polar surface area (TPSA) is 24.9 Å². The maximum atomic E-state index is 5.95. The maximum absolute atomic E-state index is 5.95. The lowest BCUT2D eigenvalue weighted by Crippen LogP contribution is -2.17. The maximum Gasteiger partial charge on any atom is 0.0763 e. The van der Waals surface area contributed by atoms with Gasteiger partial charge in [0.25, 0.3) is 0 Å². The number of nitrogens with zero attached hydrogens (tertiary/aromatic N) is 1. The first-order valence-electron chi connectivity index (χ1n) is 8.66. The van der Waals surface area contributed by atoms with Gasteiger partial charge >= 0.3 is 0 Å². The molecule has 2 heterocycles. The molecule has 2 nitrogen and oxygen atoms in total. The summed E-state index contributed by atoms with van der Waals surface area (Å²) in [4.78, 5) is 4.92. The number of pyridine rings is 1. The van der Waals surface area contributed by atoms with Crippen LogP contribution < -0.4 is 5.32 Å². The van der Waals surface area contributed by atoms with Crippen LogP contribution in [0, 0.1) is 0 Å². The molecule has 0 unspecified atom stereocenters. The molecule has 0 saturated heterocycles. The quantitative estimate of drug-likeness (QED) is 0.419. The molecule has 0 saturated carbocycles. The molecule has 2 aromatic heterocycles. The summed E-state index contributed by atoms with van der Waals surface area (Å²) in [5.41, 5.74) is 5.83. The predicted octanol–water partition coefficient (Wildman–Crippen LogP) is 5.95. The van der Waals surface area contributed by atoms with Gasteiger partial charge in [0.05, 0.1) is 11.2 Å². The number of benzene rings is 2. The van der Waals surface area contributed by atoms with Crippen LogP contribution in [0.4, 0.5) is 0 Å². The third-order valence-electron chi connectivity index (χ3n) is 4.42. The van der Waals surface area contributed by atoms with Crippen LogP contribution >= 0.6 is 22.9 Å². The van der Waals surface area contributed by atoms with Gasteiger partial charge in [-0.3, -0.25) is 0 Å². The molecule has 4 heteroatoms. The van der Waals surface area contributed by atoms with Crippen LogP contribution in [0.15, 0.2) is 71.4 Å². The summed E-state index contributed by atoms with van der Waals surface area (Å²) in [6, 6.07) is 20.7. The van der Waals surface area contributed by atoms with Crippen LogP contribution in [0.25, 0.3) is 22.2 Å². The van der Waals surface area contributed by atoms with Gasteiger partial charge in [-0.1, -0.05) is 41.9 Å². The van der Waals surface area contributed by atoms with Gasteiger partial charge in [-0.25, -0.2) is 4.98 Å². The van der Waals surface area contributed by atoms with Crippen molar-refractivity contribution in [1.82, 2.24) is 10.3 Å². The zero-order valence-electron chi connectivity index (χ0n) is 14.3. The number of para-hydroxylation sites is 1. The summed E-state index contributed by atoms with van der Waals surface area (Å²) < 4.78 is 0. The second-order valence-corrected chi connectivity index (χ2v) is 7.47. The largest absolute Gasteiger partial charge is 0.312 e. The Morgan fingerprint density at radius 3 is 2.65 bits per heavy atom. The summed E-state index contributed by atoms with van der Waals surface area (Å²) in [5.74, 6) is 0. The van der Waals surface area contributed by atoms with Crippen molar-refractivity contribution in [2.24, 2.45) is 0 Å². The average molecular weight is 379 g/mol. The smallest absolute Gasteiger partial charge is 0.0763 e. The molecule has 0 fully saturated rings. The molecule has 0 bridgehead atoms. The van der Waals surface area contributed by atoms with Crippen LogP contribution in [0.5, 0.6) is 0 Å². The Bertz CT molecular complexity index is 995. The summed E-state index contributed by atoms with van der Waals surface area (Å²) in [7, 11) is 0. The lowest BCUT2D eigenvalue weighted by molar-refractivity contribution is 0.687. The first-order chi connectivity index (χ1) is 12.8. The van der Waals surface area contributed by atoms with E-state index in [9.17, 15) is 0 Å². The lowest BCUT2D eigenvalue weighted by Gasteiger charge is -2.11. The second kappa shape index (κ2) is 8.00. The minimum absolute atomic E-state index is 0.782. The van der Waals surface area contributed by atoms with E-state index in [1.807, 2.05) is 18.2 Å². The van der Waals surface area contributed by atoms with Crippen molar-refractivity contribution in [1.29, 1.82) is 0 Å². The van der Waals surface area contributed by atoms with E-state index in [2.05, 4.69) is 58.5 Å². The summed E-state index contributed by atoms with van der Waals surface area (Å²) in [6.07, 6.45) is 0.978. The normalized spacial score (nSPS) is 11.1. The Morgan fingerprint density at radius 1 is 1.00 bits per heavy atom. The minimum atomic E-state index is 0.782. The SMILES string of the molecule is Clc1ccc(CCNCc2cc3ccccc3nc2-c2ccsc2)cc1. The van der Waals surface area contributed by atoms with Crippen molar-refractivity contribution in [2.45, 2.75) is 13.0 Å². The fourth-order valence-electron chi connectivity index (χ4n) is 3.05. The van der Waals surface area contributed by atoms with E-state index in [-0.39, 0.29) is 0 Å². The van der Waals surface area contributed by atoms with Crippen molar-refractivity contribution in [2.75, 3.05) is 6.54 Å². The van der Waals surface area contributed by atoms with Crippen LogP contribution in [-0.2, 0) is 13.0 Å². The van der Waals surface area contributed by atoms with Gasteiger partial charge in [0.15, 0.2) is 0 Å². The van der Waals surface area contributed by atoms with Gasteiger partial charge < -0.3 is 5.32 Å². The standard InChI is InChI=1S/C22H19ClN2S/c23-20-7-5-16(6-8-20)9-11-24-14-19-13-17-3-1-2-4-21(17)25-22(19)18-10-12-26-15-18/h1-8,10,12-13,15,24H,9,11,14H2. The molecular formula is C22H19ClN2S. The number of fused-ring (bicyclic) bond motifs is 1. The Labute approximate surface area is 162 Å². The third kappa shape index (κ3) is 3.96. The van der Waals surface area contributed by atoms with E-state index < -0.39 is 0 Å². The van der Waals surface area contributed by atoms with Crippen LogP contribution in [0.2, 0.25) is 5.02 Å². The average Bonchev–Trinajstić information content (AvgIpc) is 3.20. The molecule has 0 aliphatic carbocycles. The zero-order valence-corrected chi connectivity index (χ0v) is 15.9. The van der Waals surface area contributed by atoms with E-state index in [1.165, 1.54) is 22.1 Å². The van der Waals surface area contributed by atoms with Crippen molar-refractivity contribution in [3.05, 3.63) is 87.6 Å². The molecule has 0 radical (unpaired) electrons. The van der Waals surface area contributed by atoms with Crippen molar-refractivity contribution < 1.29 is 0 Å². The van der Waals surface area contributed by atoms with Gasteiger partial charge in [0, 0.05) is 27.9 Å². The highest BCUT2D eigenvalue weighted by molar-refractivity contribution is 7.08. The predicted molar refractivity (Wildman–Crippen MR) is 112 cm³/mol. The molecule has 0 spiro atoms. The molecule has 0 atom stereocenters. The highest BCUT2D eigenvalue weighted by Crippen LogP contribution is 2.27. The molecule has 4 rings (SSSR count). The number of nitrogens with one attached hydrogen (secondary N) is 1. The first kappa shape index (κ1) is 17.2. The number of hydrogen-bond acceptors (Lipinski definition) is 3. The van der Waals surface area contributed by atoms with Gasteiger partial charge in [-0.2, -0.15) is 11.3 Å². The number of thiophene rings is 1. The minimum Gasteiger partial charge on any atom is -0.312 e. The summed E-state index contributed by atoms with van der Waals surface area (Å²) >= 11 is 7.65. The Balaban J connectivity index is 1.51. The van der Waals surface area contributed by atoms with E-state index in [0.717, 1.165) is 35.7 Å². The highest BCUT2D eigenvalue weighted by Gasteiger charge is 2.09. The molecule has 130 valence electrons. The van der Waals surface area contributed by atoms with Crippen molar-refractivity contribution >= 4 is 33.8 Å². The monoisotopic (exact) mass is 378 g/mol. The fraction of sp³-hybridized carbons (Fsp3) is 0.136. The Morgan fingerprint density at radius 2 is 1.85 bits per heavy atom. The van der Waals surface area contributed by atoms with E-state index >= 15 is 0 Å². The molecule has 26 heavy (non-hydrogen) atoms. The number of halogens is 1. The molecule has 4 aromatic rings. The van der Waals surface area contributed by atoms with E-state index in [0.29, 0.717) is 0 Å². The second-order valence-electron chi connectivity index (χ2n) is 6.25. The molecule has 1 N–H and O–H groups in total. The summed E-state index contributed by atoms with van der Waals surface area (Å²) in [6.45, 7) is 1.72. The Hall–Kier alpha value is -2.20. The Kier molecular flexibility index (Phi) is 5.30. The van der Waals surface area contributed by atoms with Gasteiger partial charge in [0.2, 0.25) is 0 Å². The fourth-order valence-corrected chi connectivity index (χ4v) is 3.82. The van der Waals surface area contributed by atoms with E-state index in [4.69, 9.17) is 16.6 Å². The first-order valence-corrected chi connectivity index (χ1v) is 9.98. The summed E-state index contributed by atoms with van der Waals surface area (Å²) in [5, 5.41) is 9.79. The number of rotatable bonds is 6. The highest BCUT2D eigenvalue weighted by atomic mass is 35.5. The van der Waals surface area contributed by atoms with Crippen LogP contribution in [0.3, 0.4) is 0 Å². The number of aromatic nitrogens is 1. The van der Waals surface area contributed by atoms with Gasteiger partial charge in [-0.05, 0) is 59.8 Å². The van der Waals surface area contributed by atoms with Crippen molar-refractivity contribution in [3.8, 4) is 11.3 Å². The van der Waals surface area contributed by atoms with Gasteiger partial charge in [-0.15, -0.1) is 0 Å². The van der Waals surface area contributed by atoms with E-state index in [1.54, 1.807) is 11.3 Å². The third-order valence-corrected chi connectivity index (χ3v) is 5.35. The van der Waals surface area contributed by atoms with Crippen molar-refractivity contribution in [3.63, 3.8) is 0 Å². The zero-order chi connectivity index (χ0) is 17.8.